The van der Waals surface area contributed by atoms with Crippen LogP contribution < -0.4 is 0 Å². The fourth-order valence-electron chi connectivity index (χ4n) is 1.97. The Balaban J connectivity index is 2.37. The molecule has 0 bridgehead atoms. The van der Waals surface area contributed by atoms with Crippen LogP contribution in [0.4, 0.5) is 0 Å². The van der Waals surface area contributed by atoms with Gasteiger partial charge >= 0.3 is 0 Å². The molecule has 2 aromatic rings. The Labute approximate surface area is 103 Å². The summed E-state index contributed by atoms with van der Waals surface area (Å²) in [5, 5.41) is 0. The highest BCUT2D eigenvalue weighted by molar-refractivity contribution is 5.56. The minimum Gasteiger partial charge on any atom is -0.328 e. The minimum absolute atomic E-state index is 0.442. The maximum atomic E-state index is 4.45. The third-order valence-corrected chi connectivity index (χ3v) is 3.06. The Kier molecular flexibility index (Phi) is 3.32. The largest absolute Gasteiger partial charge is 0.328 e. The average Bonchev–Trinajstić information content (AvgIpc) is 2.78. The van der Waals surface area contributed by atoms with Crippen LogP contribution in [-0.2, 0) is 0 Å². The molecule has 1 aromatic heterocycles. The fraction of sp³-hybridized carbons (Fsp3) is 0.400. The summed E-state index contributed by atoms with van der Waals surface area (Å²) >= 11 is 0. The van der Waals surface area contributed by atoms with Gasteiger partial charge in [0.2, 0.25) is 0 Å². The van der Waals surface area contributed by atoms with Crippen molar-refractivity contribution in [3.05, 3.63) is 42.2 Å². The highest BCUT2D eigenvalue weighted by Crippen LogP contribution is 2.23. The monoisotopic (exact) mass is 228 g/mol. The van der Waals surface area contributed by atoms with E-state index < -0.39 is 0 Å². The lowest BCUT2D eigenvalue weighted by Gasteiger charge is -2.12. The lowest BCUT2D eigenvalue weighted by Crippen LogP contribution is -2.01. The highest BCUT2D eigenvalue weighted by atomic mass is 15.1. The van der Waals surface area contributed by atoms with Gasteiger partial charge in [0.1, 0.15) is 5.82 Å². The Morgan fingerprint density at radius 2 is 1.65 bits per heavy atom. The summed E-state index contributed by atoms with van der Waals surface area (Å²) in [7, 11) is 0. The van der Waals surface area contributed by atoms with E-state index in [0.29, 0.717) is 12.0 Å². The van der Waals surface area contributed by atoms with E-state index in [0.717, 1.165) is 5.82 Å². The van der Waals surface area contributed by atoms with Gasteiger partial charge in [-0.3, -0.25) is 0 Å². The zero-order valence-corrected chi connectivity index (χ0v) is 11.0. The lowest BCUT2D eigenvalue weighted by molar-refractivity contribution is 0.606. The Bertz CT molecular complexity index is 478. The second-order valence-corrected chi connectivity index (χ2v) is 5.03. The SMILES string of the molecule is CC(C)c1ccc(-c2nccn2C(C)C)cc1. The van der Waals surface area contributed by atoms with Crippen molar-refractivity contribution < 1.29 is 0 Å². The van der Waals surface area contributed by atoms with Crippen molar-refractivity contribution in [3.63, 3.8) is 0 Å². The first-order valence-corrected chi connectivity index (χ1v) is 6.22. The van der Waals surface area contributed by atoms with E-state index in [1.807, 2.05) is 12.4 Å². The van der Waals surface area contributed by atoms with Gasteiger partial charge in [0.25, 0.3) is 0 Å². The van der Waals surface area contributed by atoms with E-state index in [1.165, 1.54) is 11.1 Å². The molecule has 17 heavy (non-hydrogen) atoms. The smallest absolute Gasteiger partial charge is 0.140 e. The Morgan fingerprint density at radius 1 is 1.00 bits per heavy atom. The number of hydrogen-bond donors (Lipinski definition) is 0. The van der Waals surface area contributed by atoms with E-state index >= 15 is 0 Å². The minimum atomic E-state index is 0.442. The summed E-state index contributed by atoms with van der Waals surface area (Å²) in [5.74, 6) is 1.63. The van der Waals surface area contributed by atoms with Crippen LogP contribution in [0.3, 0.4) is 0 Å². The first-order valence-electron chi connectivity index (χ1n) is 6.22. The molecule has 2 rings (SSSR count). The van der Waals surface area contributed by atoms with Gasteiger partial charge in [-0.2, -0.15) is 0 Å². The molecule has 0 fully saturated rings. The van der Waals surface area contributed by atoms with E-state index in [-0.39, 0.29) is 0 Å². The molecule has 0 aliphatic carbocycles. The van der Waals surface area contributed by atoms with Crippen LogP contribution in [0.5, 0.6) is 0 Å². The maximum Gasteiger partial charge on any atom is 0.140 e. The third-order valence-electron chi connectivity index (χ3n) is 3.06. The van der Waals surface area contributed by atoms with Crippen molar-refractivity contribution in [1.82, 2.24) is 9.55 Å². The Morgan fingerprint density at radius 3 is 2.18 bits per heavy atom. The van der Waals surface area contributed by atoms with Gasteiger partial charge in [-0.05, 0) is 25.3 Å². The van der Waals surface area contributed by atoms with Crippen LogP contribution in [0.15, 0.2) is 36.7 Å². The molecular weight excluding hydrogens is 208 g/mol. The Hall–Kier alpha value is -1.57. The van der Waals surface area contributed by atoms with Crippen molar-refractivity contribution in [1.29, 1.82) is 0 Å². The molecule has 0 radical (unpaired) electrons. The summed E-state index contributed by atoms with van der Waals surface area (Å²) in [6, 6.07) is 9.16. The molecule has 0 aliphatic heterocycles. The number of imidazole rings is 1. The number of nitrogens with zero attached hydrogens (tertiary/aromatic N) is 2. The van der Waals surface area contributed by atoms with Gasteiger partial charge in [0, 0.05) is 24.0 Å². The molecule has 90 valence electrons. The van der Waals surface area contributed by atoms with Gasteiger partial charge in [0.15, 0.2) is 0 Å². The highest BCUT2D eigenvalue weighted by Gasteiger charge is 2.08. The second-order valence-electron chi connectivity index (χ2n) is 5.03. The normalized spacial score (nSPS) is 11.4. The number of hydrogen-bond acceptors (Lipinski definition) is 1. The van der Waals surface area contributed by atoms with Crippen molar-refractivity contribution in [2.24, 2.45) is 0 Å². The molecule has 0 saturated heterocycles. The molecule has 2 heteroatoms. The number of rotatable bonds is 3. The summed E-state index contributed by atoms with van der Waals surface area (Å²) in [6.45, 7) is 8.77. The molecule has 0 aliphatic rings. The molecule has 1 aromatic carbocycles. The molecule has 0 unspecified atom stereocenters. The van der Waals surface area contributed by atoms with E-state index in [1.54, 1.807) is 0 Å². The van der Waals surface area contributed by atoms with Crippen molar-refractivity contribution in [3.8, 4) is 11.4 Å². The molecule has 2 nitrogen and oxygen atoms in total. The second kappa shape index (κ2) is 4.74. The predicted octanol–water partition coefficient (Wildman–Crippen LogP) is 4.25. The summed E-state index contributed by atoms with van der Waals surface area (Å²) in [5.41, 5.74) is 2.56. The van der Waals surface area contributed by atoms with Crippen molar-refractivity contribution in [2.45, 2.75) is 39.7 Å². The fourth-order valence-corrected chi connectivity index (χ4v) is 1.97. The predicted molar refractivity (Wildman–Crippen MR) is 72.1 cm³/mol. The van der Waals surface area contributed by atoms with Gasteiger partial charge in [0.05, 0.1) is 0 Å². The lowest BCUT2D eigenvalue weighted by atomic mass is 10.0. The van der Waals surface area contributed by atoms with E-state index in [4.69, 9.17) is 0 Å². The zero-order chi connectivity index (χ0) is 12.4. The average molecular weight is 228 g/mol. The van der Waals surface area contributed by atoms with Crippen LogP contribution in [0.25, 0.3) is 11.4 Å². The zero-order valence-electron chi connectivity index (χ0n) is 11.0. The quantitative estimate of drug-likeness (QED) is 0.767. The molecule has 0 N–H and O–H groups in total. The molecule has 0 amide bonds. The maximum absolute atomic E-state index is 4.45. The van der Waals surface area contributed by atoms with Crippen LogP contribution >= 0.6 is 0 Å². The van der Waals surface area contributed by atoms with E-state index in [9.17, 15) is 0 Å². The number of aromatic nitrogens is 2. The molecular formula is C15H20N2. The molecule has 0 atom stereocenters. The molecule has 0 spiro atoms. The summed E-state index contributed by atoms with van der Waals surface area (Å²) in [4.78, 5) is 4.45. The standard InChI is InChI=1S/C15H20N2/c1-11(2)13-5-7-14(8-6-13)15-16-9-10-17(15)12(3)4/h5-12H,1-4H3. The van der Waals surface area contributed by atoms with Gasteiger partial charge in [-0.1, -0.05) is 38.1 Å². The van der Waals surface area contributed by atoms with Gasteiger partial charge < -0.3 is 4.57 Å². The molecule has 0 saturated carbocycles. The van der Waals surface area contributed by atoms with Gasteiger partial charge in [-0.15, -0.1) is 0 Å². The topological polar surface area (TPSA) is 17.8 Å². The molecule has 1 heterocycles. The van der Waals surface area contributed by atoms with Crippen LogP contribution in [-0.4, -0.2) is 9.55 Å². The number of benzene rings is 1. The first-order chi connectivity index (χ1) is 8.09. The third kappa shape index (κ3) is 2.41. The van der Waals surface area contributed by atoms with Crippen LogP contribution in [0.1, 0.15) is 45.2 Å². The van der Waals surface area contributed by atoms with Crippen molar-refractivity contribution in [2.75, 3.05) is 0 Å². The van der Waals surface area contributed by atoms with E-state index in [2.05, 4.69) is 61.5 Å². The first kappa shape index (κ1) is 11.9. The summed E-state index contributed by atoms with van der Waals surface area (Å²) < 4.78 is 2.20. The van der Waals surface area contributed by atoms with Crippen molar-refractivity contribution >= 4 is 0 Å². The van der Waals surface area contributed by atoms with Gasteiger partial charge in [-0.25, -0.2) is 4.98 Å². The van der Waals surface area contributed by atoms with Crippen LogP contribution in [0, 0.1) is 0 Å². The summed E-state index contributed by atoms with van der Waals surface area (Å²) in [6.07, 6.45) is 3.90. The van der Waals surface area contributed by atoms with Crippen LogP contribution in [0.2, 0.25) is 0 Å².